The van der Waals surface area contributed by atoms with Gasteiger partial charge in [-0.25, -0.2) is 0 Å². The predicted molar refractivity (Wildman–Crippen MR) is 84.6 cm³/mol. The van der Waals surface area contributed by atoms with Crippen LogP contribution >= 0.6 is 0 Å². The van der Waals surface area contributed by atoms with Crippen molar-refractivity contribution in [3.8, 4) is 5.75 Å². The molecule has 1 atom stereocenters. The van der Waals surface area contributed by atoms with Crippen LogP contribution in [0, 0.1) is 10.1 Å². The summed E-state index contributed by atoms with van der Waals surface area (Å²) in [6, 6.07) is 5.08. The Morgan fingerprint density at radius 2 is 2.32 bits per heavy atom. The molecule has 0 aromatic heterocycles. The third-order valence-corrected chi connectivity index (χ3v) is 3.85. The van der Waals surface area contributed by atoms with Crippen molar-refractivity contribution < 1.29 is 14.4 Å². The first-order chi connectivity index (χ1) is 10.6. The van der Waals surface area contributed by atoms with Gasteiger partial charge in [0.15, 0.2) is 5.75 Å². The highest BCUT2D eigenvalue weighted by atomic mass is 16.6. The average Bonchev–Trinajstić information content (AvgIpc) is 2.95. The minimum Gasteiger partial charge on any atom is -0.487 e. The first kappa shape index (κ1) is 16.5. The maximum atomic E-state index is 11.4. The molecule has 1 unspecified atom stereocenters. The number of ether oxygens (including phenoxy) is 2. The van der Waals surface area contributed by atoms with Crippen molar-refractivity contribution in [2.75, 3.05) is 38.7 Å². The number of hydrogen-bond acceptors (Lipinski definition) is 6. The molecule has 1 fully saturated rings. The van der Waals surface area contributed by atoms with E-state index < -0.39 is 4.92 Å². The molecule has 0 radical (unpaired) electrons. The largest absolute Gasteiger partial charge is 0.487 e. The summed E-state index contributed by atoms with van der Waals surface area (Å²) in [5.74, 6) is 0.290. The summed E-state index contributed by atoms with van der Waals surface area (Å²) >= 11 is 0. The number of nitrogens with one attached hydrogen (secondary N) is 2. The summed E-state index contributed by atoms with van der Waals surface area (Å²) in [6.07, 6.45) is 2.05. The zero-order valence-electron chi connectivity index (χ0n) is 13.1. The Bertz CT molecular complexity index is 516. The van der Waals surface area contributed by atoms with Gasteiger partial charge in [-0.2, -0.15) is 0 Å². The third kappa shape index (κ3) is 3.66. The zero-order chi connectivity index (χ0) is 16.0. The number of nitro benzene ring substituents is 1. The van der Waals surface area contributed by atoms with Gasteiger partial charge in [0.1, 0.15) is 5.69 Å². The minimum absolute atomic E-state index is 0.0186. The fourth-order valence-electron chi connectivity index (χ4n) is 2.86. The predicted octanol–water partition coefficient (Wildman–Crippen LogP) is 2.17. The van der Waals surface area contributed by atoms with E-state index in [0.29, 0.717) is 25.4 Å². The highest BCUT2D eigenvalue weighted by Gasteiger charge is 2.34. The lowest BCUT2D eigenvalue weighted by molar-refractivity contribution is -0.384. The zero-order valence-corrected chi connectivity index (χ0v) is 13.1. The summed E-state index contributed by atoms with van der Waals surface area (Å²) < 4.78 is 10.7. The second kappa shape index (κ2) is 7.42. The van der Waals surface area contributed by atoms with Gasteiger partial charge in [0.25, 0.3) is 0 Å². The van der Waals surface area contributed by atoms with E-state index in [1.807, 2.05) is 0 Å². The normalized spacial score (nSPS) is 20.8. The molecule has 1 aliphatic heterocycles. The number of hydrogen-bond donors (Lipinski definition) is 2. The van der Waals surface area contributed by atoms with E-state index in [0.717, 1.165) is 19.4 Å². The average molecular weight is 309 g/mol. The van der Waals surface area contributed by atoms with Gasteiger partial charge in [-0.3, -0.25) is 10.1 Å². The Morgan fingerprint density at radius 1 is 1.50 bits per heavy atom. The van der Waals surface area contributed by atoms with Crippen LogP contribution < -0.4 is 15.4 Å². The van der Waals surface area contributed by atoms with E-state index in [1.165, 1.54) is 0 Å². The Balaban J connectivity index is 2.18. The number of rotatable bonds is 8. The number of nitro groups is 1. The lowest BCUT2D eigenvalue weighted by Crippen LogP contribution is -2.49. The summed E-state index contributed by atoms with van der Waals surface area (Å²) in [6.45, 7) is 4.27. The summed E-state index contributed by atoms with van der Waals surface area (Å²) in [4.78, 5) is 11.0. The van der Waals surface area contributed by atoms with Crippen molar-refractivity contribution in [1.29, 1.82) is 0 Å². The van der Waals surface area contributed by atoms with Crippen molar-refractivity contribution in [2.24, 2.45) is 0 Å². The van der Waals surface area contributed by atoms with Crippen molar-refractivity contribution in [3.05, 3.63) is 28.3 Å². The molecule has 0 spiro atoms. The standard InChI is InChI=1S/C15H23N3O4/c1-3-22-13-7-4-6-12(14(13)18(19)20)16-10-15(11-21-2)8-5-9-17-15/h4,6-7,16-17H,3,5,8-11H2,1-2H3. The molecule has 22 heavy (non-hydrogen) atoms. The van der Waals surface area contributed by atoms with Gasteiger partial charge in [0, 0.05) is 13.7 Å². The van der Waals surface area contributed by atoms with Crippen LogP contribution in [0.2, 0.25) is 0 Å². The molecular weight excluding hydrogens is 286 g/mol. The topological polar surface area (TPSA) is 85.7 Å². The van der Waals surface area contributed by atoms with Crippen molar-refractivity contribution in [2.45, 2.75) is 25.3 Å². The maximum absolute atomic E-state index is 11.4. The molecule has 0 bridgehead atoms. The van der Waals surface area contributed by atoms with Gasteiger partial charge in [-0.05, 0) is 38.4 Å². The number of nitrogens with zero attached hydrogens (tertiary/aromatic N) is 1. The van der Waals surface area contributed by atoms with E-state index >= 15 is 0 Å². The molecular formula is C15H23N3O4. The number of para-hydroxylation sites is 1. The molecule has 1 saturated heterocycles. The van der Waals surface area contributed by atoms with Gasteiger partial charge >= 0.3 is 5.69 Å². The molecule has 7 heteroatoms. The van der Waals surface area contributed by atoms with E-state index in [-0.39, 0.29) is 17.0 Å². The monoisotopic (exact) mass is 309 g/mol. The smallest absolute Gasteiger partial charge is 0.333 e. The third-order valence-electron chi connectivity index (χ3n) is 3.85. The van der Waals surface area contributed by atoms with Crippen LogP contribution in [-0.2, 0) is 4.74 Å². The minimum atomic E-state index is -0.404. The molecule has 122 valence electrons. The van der Waals surface area contributed by atoms with Gasteiger partial charge < -0.3 is 20.1 Å². The number of methoxy groups -OCH3 is 1. The first-order valence-corrected chi connectivity index (χ1v) is 7.50. The van der Waals surface area contributed by atoms with Gasteiger partial charge in [0.05, 0.1) is 23.7 Å². The highest BCUT2D eigenvalue weighted by molar-refractivity contribution is 5.68. The second-order valence-electron chi connectivity index (χ2n) is 5.44. The van der Waals surface area contributed by atoms with Crippen LogP contribution in [0.5, 0.6) is 5.75 Å². The van der Waals surface area contributed by atoms with Gasteiger partial charge in [-0.1, -0.05) is 6.07 Å². The Hall–Kier alpha value is -1.86. The molecule has 0 amide bonds. The molecule has 1 aliphatic rings. The molecule has 1 aromatic rings. The Labute approximate surface area is 130 Å². The fourth-order valence-corrected chi connectivity index (χ4v) is 2.86. The molecule has 0 aliphatic carbocycles. The van der Waals surface area contributed by atoms with Crippen molar-refractivity contribution >= 4 is 11.4 Å². The maximum Gasteiger partial charge on any atom is 0.333 e. The Kier molecular flexibility index (Phi) is 5.57. The van der Waals surface area contributed by atoms with Crippen LogP contribution in [0.15, 0.2) is 18.2 Å². The van der Waals surface area contributed by atoms with Gasteiger partial charge in [0.2, 0.25) is 0 Å². The van der Waals surface area contributed by atoms with E-state index in [2.05, 4.69) is 10.6 Å². The summed E-state index contributed by atoms with van der Waals surface area (Å²) in [7, 11) is 1.67. The lowest BCUT2D eigenvalue weighted by atomic mass is 9.98. The first-order valence-electron chi connectivity index (χ1n) is 7.50. The molecule has 2 N–H and O–H groups in total. The second-order valence-corrected chi connectivity index (χ2v) is 5.44. The lowest BCUT2D eigenvalue weighted by Gasteiger charge is -2.29. The van der Waals surface area contributed by atoms with E-state index in [1.54, 1.807) is 32.2 Å². The van der Waals surface area contributed by atoms with E-state index in [9.17, 15) is 10.1 Å². The quantitative estimate of drug-likeness (QED) is 0.565. The fraction of sp³-hybridized carbons (Fsp3) is 0.600. The van der Waals surface area contributed by atoms with Crippen LogP contribution in [0.1, 0.15) is 19.8 Å². The number of anilines is 1. The molecule has 1 heterocycles. The van der Waals surface area contributed by atoms with Crippen LogP contribution in [0.3, 0.4) is 0 Å². The van der Waals surface area contributed by atoms with Crippen LogP contribution in [-0.4, -0.2) is 43.9 Å². The Morgan fingerprint density at radius 3 is 2.91 bits per heavy atom. The van der Waals surface area contributed by atoms with Gasteiger partial charge in [-0.15, -0.1) is 0 Å². The molecule has 1 aromatic carbocycles. The summed E-state index contributed by atoms with van der Waals surface area (Å²) in [5.41, 5.74) is 0.277. The van der Waals surface area contributed by atoms with Crippen molar-refractivity contribution in [1.82, 2.24) is 5.32 Å². The molecule has 0 saturated carbocycles. The summed E-state index contributed by atoms with van der Waals surface area (Å²) in [5, 5.41) is 18.0. The molecule has 2 rings (SSSR count). The van der Waals surface area contributed by atoms with E-state index in [4.69, 9.17) is 9.47 Å². The molecule has 7 nitrogen and oxygen atoms in total. The van der Waals surface area contributed by atoms with Crippen LogP contribution in [0.25, 0.3) is 0 Å². The SMILES string of the molecule is CCOc1cccc(NCC2(COC)CCCN2)c1[N+](=O)[O-]. The van der Waals surface area contributed by atoms with Crippen molar-refractivity contribution in [3.63, 3.8) is 0 Å². The number of benzene rings is 1. The van der Waals surface area contributed by atoms with Crippen LogP contribution in [0.4, 0.5) is 11.4 Å². The highest BCUT2D eigenvalue weighted by Crippen LogP contribution is 2.35.